The zero-order valence-corrected chi connectivity index (χ0v) is 21.5. The third-order valence-corrected chi connectivity index (χ3v) is 7.12. The lowest BCUT2D eigenvalue weighted by molar-refractivity contribution is -0.187. The van der Waals surface area contributed by atoms with Crippen LogP contribution in [0.2, 0.25) is 0 Å². The summed E-state index contributed by atoms with van der Waals surface area (Å²) in [6.45, 7) is 6.75. The van der Waals surface area contributed by atoms with Gasteiger partial charge in [-0.25, -0.2) is 14.2 Å². The van der Waals surface area contributed by atoms with Crippen molar-refractivity contribution in [1.29, 1.82) is 0 Å². The van der Waals surface area contributed by atoms with Crippen molar-refractivity contribution in [2.45, 2.75) is 65.5 Å². The summed E-state index contributed by atoms with van der Waals surface area (Å²) in [4.78, 5) is 19.7. The van der Waals surface area contributed by atoms with Crippen LogP contribution in [0.4, 0.5) is 13.2 Å². The Balaban J connectivity index is 1.85. The van der Waals surface area contributed by atoms with Crippen LogP contribution < -0.4 is 4.74 Å². The van der Waals surface area contributed by atoms with E-state index in [0.717, 1.165) is 4.88 Å². The van der Waals surface area contributed by atoms with Gasteiger partial charge < -0.3 is 14.6 Å². The normalized spacial score (nSPS) is 21.9. The number of carbonyl (C=O) groups is 1. The SMILES string of the molecule is CC(C)(F)CO[C@@]1(C(=O)O)C[C@@H](C(C)(C)C)CN(Cc2cnc(-c3ccccc3OC(F)F)s2)C1. The van der Waals surface area contributed by atoms with E-state index in [1.807, 2.05) is 4.90 Å². The molecule has 2 heterocycles. The molecule has 1 fully saturated rings. The molecular formula is C25H33F3N2O4S. The van der Waals surface area contributed by atoms with Crippen molar-refractivity contribution < 1.29 is 32.5 Å². The van der Waals surface area contributed by atoms with E-state index in [0.29, 0.717) is 23.7 Å². The van der Waals surface area contributed by atoms with Gasteiger partial charge in [-0.1, -0.05) is 32.9 Å². The topological polar surface area (TPSA) is 71.9 Å². The molecule has 1 saturated heterocycles. The maximum Gasteiger partial charge on any atom is 0.387 e. The van der Waals surface area contributed by atoms with Crippen molar-refractivity contribution in [2.24, 2.45) is 11.3 Å². The highest BCUT2D eigenvalue weighted by Crippen LogP contribution is 2.41. The van der Waals surface area contributed by atoms with Gasteiger partial charge in [-0.2, -0.15) is 8.78 Å². The molecule has 0 bridgehead atoms. The summed E-state index contributed by atoms with van der Waals surface area (Å²) in [5.74, 6) is -1.08. The van der Waals surface area contributed by atoms with E-state index in [4.69, 9.17) is 4.74 Å². The molecule has 0 spiro atoms. The van der Waals surface area contributed by atoms with E-state index < -0.39 is 23.9 Å². The minimum Gasteiger partial charge on any atom is -0.479 e. The zero-order valence-electron chi connectivity index (χ0n) is 20.7. The number of likely N-dealkylation sites (tertiary alicyclic amines) is 1. The number of carboxylic acids is 1. The molecule has 0 aliphatic carbocycles. The van der Waals surface area contributed by atoms with Gasteiger partial charge in [0.15, 0.2) is 5.60 Å². The van der Waals surface area contributed by atoms with Gasteiger partial charge in [0.05, 0.1) is 12.2 Å². The van der Waals surface area contributed by atoms with E-state index in [1.54, 1.807) is 24.4 Å². The van der Waals surface area contributed by atoms with Gasteiger partial charge in [0.2, 0.25) is 0 Å². The molecule has 0 amide bonds. The maximum absolute atomic E-state index is 14.2. The Morgan fingerprint density at radius 2 is 1.97 bits per heavy atom. The fourth-order valence-corrected chi connectivity index (χ4v) is 5.15. The number of nitrogens with zero attached hydrogens (tertiary/aromatic N) is 2. The molecule has 3 rings (SSSR count). The monoisotopic (exact) mass is 514 g/mol. The number of ether oxygens (including phenoxy) is 2. The predicted octanol–water partition coefficient (Wildman–Crippen LogP) is 5.87. The molecule has 10 heteroatoms. The van der Waals surface area contributed by atoms with E-state index in [1.165, 1.54) is 31.3 Å². The Kier molecular flexibility index (Phi) is 8.18. The van der Waals surface area contributed by atoms with Gasteiger partial charge in [0.1, 0.15) is 16.4 Å². The highest BCUT2D eigenvalue weighted by atomic mass is 32.1. The van der Waals surface area contributed by atoms with Crippen LogP contribution in [0, 0.1) is 11.3 Å². The number of aliphatic carboxylic acids is 1. The number of carboxylic acid groups (broad SMARTS) is 1. The largest absolute Gasteiger partial charge is 0.479 e. The molecule has 1 aromatic heterocycles. The minimum atomic E-state index is -2.95. The number of alkyl halides is 3. The smallest absolute Gasteiger partial charge is 0.387 e. The van der Waals surface area contributed by atoms with Crippen molar-refractivity contribution >= 4 is 17.3 Å². The molecule has 0 radical (unpaired) electrons. The number of halogens is 3. The molecule has 35 heavy (non-hydrogen) atoms. The van der Waals surface area contributed by atoms with Crippen LogP contribution in [0.3, 0.4) is 0 Å². The first-order chi connectivity index (χ1) is 16.2. The second-order valence-electron chi connectivity index (χ2n) is 10.7. The maximum atomic E-state index is 14.2. The Hall–Kier alpha value is -2.17. The fraction of sp³-hybridized carbons (Fsp3) is 0.600. The first-order valence-corrected chi connectivity index (χ1v) is 12.3. The lowest BCUT2D eigenvalue weighted by Crippen LogP contribution is -2.59. The van der Waals surface area contributed by atoms with Crippen LogP contribution in [-0.2, 0) is 16.1 Å². The van der Waals surface area contributed by atoms with E-state index in [2.05, 4.69) is 30.5 Å². The number of hydrogen-bond acceptors (Lipinski definition) is 6. The van der Waals surface area contributed by atoms with Gasteiger partial charge >= 0.3 is 12.6 Å². The van der Waals surface area contributed by atoms with Crippen molar-refractivity contribution in [3.8, 4) is 16.3 Å². The van der Waals surface area contributed by atoms with Crippen LogP contribution in [0.1, 0.15) is 45.9 Å². The summed E-state index contributed by atoms with van der Waals surface area (Å²) in [7, 11) is 0. The number of aromatic nitrogens is 1. The number of rotatable bonds is 9. The molecule has 0 saturated carbocycles. The van der Waals surface area contributed by atoms with Crippen LogP contribution in [0.5, 0.6) is 5.75 Å². The fourth-order valence-electron chi connectivity index (χ4n) is 4.16. The molecule has 1 aromatic carbocycles. The lowest BCUT2D eigenvalue weighted by Gasteiger charge is -2.47. The summed E-state index contributed by atoms with van der Waals surface area (Å²) >= 11 is 1.33. The zero-order chi connectivity index (χ0) is 26.0. The summed E-state index contributed by atoms with van der Waals surface area (Å²) < 4.78 is 50.3. The van der Waals surface area contributed by atoms with Gasteiger partial charge in [0.25, 0.3) is 0 Å². The average Bonchev–Trinajstić information content (AvgIpc) is 3.19. The van der Waals surface area contributed by atoms with Crippen molar-refractivity contribution in [3.63, 3.8) is 0 Å². The average molecular weight is 515 g/mol. The number of hydrogen-bond donors (Lipinski definition) is 1. The van der Waals surface area contributed by atoms with Crippen molar-refractivity contribution in [2.75, 3.05) is 19.7 Å². The number of piperidine rings is 1. The van der Waals surface area contributed by atoms with Crippen LogP contribution in [-0.4, -0.2) is 58.5 Å². The minimum absolute atomic E-state index is 0.0115. The van der Waals surface area contributed by atoms with E-state index >= 15 is 0 Å². The van der Waals surface area contributed by atoms with Crippen molar-refractivity contribution in [3.05, 3.63) is 35.3 Å². The molecule has 1 aliphatic rings. The van der Waals surface area contributed by atoms with Crippen molar-refractivity contribution in [1.82, 2.24) is 9.88 Å². The number of thiazole rings is 1. The third-order valence-electron chi connectivity index (χ3n) is 6.11. The van der Waals surface area contributed by atoms with Gasteiger partial charge in [-0.3, -0.25) is 4.90 Å². The summed E-state index contributed by atoms with van der Waals surface area (Å²) in [6, 6.07) is 6.46. The first kappa shape index (κ1) is 27.4. The Morgan fingerprint density at radius 1 is 1.29 bits per heavy atom. The lowest BCUT2D eigenvalue weighted by atomic mass is 9.71. The molecule has 2 aromatic rings. The molecular weight excluding hydrogens is 481 g/mol. The Bertz CT molecular complexity index is 1020. The quantitative estimate of drug-likeness (QED) is 0.452. The summed E-state index contributed by atoms with van der Waals surface area (Å²) in [5.41, 5.74) is -2.94. The third kappa shape index (κ3) is 7.17. The second-order valence-corrected chi connectivity index (χ2v) is 11.9. The van der Waals surface area contributed by atoms with Crippen LogP contribution in [0.15, 0.2) is 30.5 Å². The number of benzene rings is 1. The summed E-state index contributed by atoms with van der Waals surface area (Å²) in [5, 5.41) is 10.7. The van der Waals surface area contributed by atoms with Gasteiger partial charge in [-0.15, -0.1) is 11.3 Å². The predicted molar refractivity (Wildman–Crippen MR) is 129 cm³/mol. The first-order valence-electron chi connectivity index (χ1n) is 11.5. The standard InChI is InChI=1S/C25H33F3N2O4S/c1-23(2,3)16-10-25(21(31)32,33-15-24(4,5)28)14-30(12-16)13-17-11-29-20(35-17)18-8-6-7-9-19(18)34-22(26)27/h6-9,11,16,22H,10,12-15H2,1-5H3,(H,31,32)/t16-,25+/m1/s1. The molecule has 1 aliphatic heterocycles. The molecule has 2 atom stereocenters. The molecule has 6 nitrogen and oxygen atoms in total. The van der Waals surface area contributed by atoms with Crippen LogP contribution in [0.25, 0.3) is 10.6 Å². The highest BCUT2D eigenvalue weighted by molar-refractivity contribution is 7.15. The molecule has 194 valence electrons. The Morgan fingerprint density at radius 3 is 2.57 bits per heavy atom. The highest BCUT2D eigenvalue weighted by Gasteiger charge is 2.50. The van der Waals surface area contributed by atoms with E-state index in [9.17, 15) is 23.1 Å². The molecule has 1 N–H and O–H groups in total. The van der Waals surface area contributed by atoms with Crippen LogP contribution >= 0.6 is 11.3 Å². The van der Waals surface area contributed by atoms with Gasteiger partial charge in [0, 0.05) is 30.7 Å². The number of para-hydroxylation sites is 1. The molecule has 0 unspecified atom stereocenters. The van der Waals surface area contributed by atoms with Gasteiger partial charge in [-0.05, 0) is 43.7 Å². The second kappa shape index (κ2) is 10.4. The Labute approximate surface area is 208 Å². The summed E-state index contributed by atoms with van der Waals surface area (Å²) in [6.07, 6.45) is 1.94. The van der Waals surface area contributed by atoms with E-state index in [-0.39, 0.29) is 36.7 Å².